The van der Waals surface area contributed by atoms with Gasteiger partial charge in [-0.2, -0.15) is 0 Å². The molecule has 0 unspecified atom stereocenters. The Morgan fingerprint density at radius 3 is 2.85 bits per heavy atom. The molecule has 0 aliphatic carbocycles. The molecule has 0 saturated heterocycles. The number of carbonyl (C=O) groups excluding carboxylic acids is 2. The molecular weight excluding hydrogens is 358 g/mol. The van der Waals surface area contributed by atoms with Gasteiger partial charge in [0.15, 0.2) is 17.1 Å². The Bertz CT molecular complexity index is 954. The molecule has 2 aromatic carbocycles. The maximum absolute atomic E-state index is 11.9. The number of imide groups is 1. The number of fused-ring (bicyclic) bond motifs is 2. The number of hydrogen-bond donors (Lipinski definition) is 2. The van der Waals surface area contributed by atoms with Crippen molar-refractivity contribution >= 4 is 40.5 Å². The highest BCUT2D eigenvalue weighted by molar-refractivity contribution is 7.99. The van der Waals surface area contributed by atoms with E-state index in [-0.39, 0.29) is 12.5 Å². The summed E-state index contributed by atoms with van der Waals surface area (Å²) >= 11 is 1.11. The number of urea groups is 1. The molecule has 1 aliphatic rings. The van der Waals surface area contributed by atoms with Crippen LogP contribution in [0.1, 0.15) is 0 Å². The van der Waals surface area contributed by atoms with Gasteiger partial charge in [-0.1, -0.05) is 23.9 Å². The SMILES string of the molecule is O=C(CSc1nc2ccccc2o1)NC(=O)Nc1ccc2c(c1)OCO2. The van der Waals surface area contributed by atoms with Crippen LogP contribution in [0.5, 0.6) is 11.5 Å². The van der Waals surface area contributed by atoms with Gasteiger partial charge < -0.3 is 19.2 Å². The smallest absolute Gasteiger partial charge is 0.325 e. The van der Waals surface area contributed by atoms with Crippen LogP contribution in [-0.4, -0.2) is 29.5 Å². The molecule has 2 N–H and O–H groups in total. The standard InChI is InChI=1S/C17H13N3O5S/c21-15(8-26-17-19-11-3-1-2-4-12(11)25-17)20-16(22)18-10-5-6-13-14(7-10)24-9-23-13/h1-7H,8-9H2,(H2,18,20,21,22). The number of hydrogen-bond acceptors (Lipinski definition) is 7. The molecule has 2 heterocycles. The van der Waals surface area contributed by atoms with E-state index in [4.69, 9.17) is 13.9 Å². The highest BCUT2D eigenvalue weighted by Crippen LogP contribution is 2.34. The maximum atomic E-state index is 11.9. The fourth-order valence-corrected chi connectivity index (χ4v) is 2.98. The Labute approximate surface area is 151 Å². The quantitative estimate of drug-likeness (QED) is 0.680. The summed E-state index contributed by atoms with van der Waals surface area (Å²) in [6.45, 7) is 0.149. The van der Waals surface area contributed by atoms with Crippen LogP contribution in [0, 0.1) is 0 Å². The van der Waals surface area contributed by atoms with Crippen LogP contribution in [0.15, 0.2) is 52.1 Å². The zero-order chi connectivity index (χ0) is 17.9. The topological polar surface area (TPSA) is 103 Å². The molecule has 8 nitrogen and oxygen atoms in total. The molecule has 4 rings (SSSR count). The van der Waals surface area contributed by atoms with E-state index in [1.165, 1.54) is 0 Å². The Morgan fingerprint density at radius 2 is 1.96 bits per heavy atom. The van der Waals surface area contributed by atoms with E-state index in [1.54, 1.807) is 24.3 Å². The first kappa shape index (κ1) is 16.3. The van der Waals surface area contributed by atoms with Crippen molar-refractivity contribution in [1.29, 1.82) is 0 Å². The van der Waals surface area contributed by atoms with E-state index < -0.39 is 11.9 Å². The predicted octanol–water partition coefficient (Wildman–Crippen LogP) is 3.00. The molecule has 26 heavy (non-hydrogen) atoms. The van der Waals surface area contributed by atoms with Crippen molar-refractivity contribution in [2.75, 3.05) is 17.9 Å². The lowest BCUT2D eigenvalue weighted by atomic mass is 10.3. The first-order chi connectivity index (χ1) is 12.7. The van der Waals surface area contributed by atoms with Gasteiger partial charge in [-0.25, -0.2) is 9.78 Å². The van der Waals surface area contributed by atoms with E-state index in [1.807, 2.05) is 18.2 Å². The summed E-state index contributed by atoms with van der Waals surface area (Å²) in [4.78, 5) is 28.1. The third-order valence-electron chi connectivity index (χ3n) is 3.48. The summed E-state index contributed by atoms with van der Waals surface area (Å²) in [5.74, 6) is 0.694. The lowest BCUT2D eigenvalue weighted by molar-refractivity contribution is -0.117. The molecule has 0 spiro atoms. The number of aromatic nitrogens is 1. The molecule has 0 fully saturated rings. The number of rotatable bonds is 4. The van der Waals surface area contributed by atoms with Crippen LogP contribution in [0.25, 0.3) is 11.1 Å². The Kier molecular flexibility index (Phi) is 4.36. The second-order valence-electron chi connectivity index (χ2n) is 5.31. The summed E-state index contributed by atoms with van der Waals surface area (Å²) in [6, 6.07) is 11.6. The Morgan fingerprint density at radius 1 is 1.12 bits per heavy atom. The minimum atomic E-state index is -0.632. The summed E-state index contributed by atoms with van der Waals surface area (Å²) in [5, 5.41) is 5.19. The first-order valence-corrected chi connectivity index (χ1v) is 8.65. The molecule has 0 radical (unpaired) electrons. The van der Waals surface area contributed by atoms with Gasteiger partial charge in [-0.05, 0) is 24.3 Å². The minimum absolute atomic E-state index is 0.00137. The summed E-state index contributed by atoms with van der Waals surface area (Å²) in [7, 11) is 0. The molecule has 0 saturated carbocycles. The van der Waals surface area contributed by atoms with Crippen molar-refractivity contribution < 1.29 is 23.5 Å². The summed E-state index contributed by atoms with van der Waals surface area (Å²) < 4.78 is 15.9. The molecule has 0 atom stereocenters. The number of oxazole rings is 1. The van der Waals surface area contributed by atoms with Crippen molar-refractivity contribution in [2.24, 2.45) is 0 Å². The number of ether oxygens (including phenoxy) is 2. The van der Waals surface area contributed by atoms with Gasteiger partial charge in [0.1, 0.15) is 5.52 Å². The summed E-state index contributed by atoms with van der Waals surface area (Å²) in [5.41, 5.74) is 1.86. The number of carbonyl (C=O) groups is 2. The monoisotopic (exact) mass is 371 g/mol. The number of thioether (sulfide) groups is 1. The predicted molar refractivity (Wildman–Crippen MR) is 94.5 cm³/mol. The Hall–Kier alpha value is -3.20. The fraction of sp³-hybridized carbons (Fsp3) is 0.118. The largest absolute Gasteiger partial charge is 0.454 e. The highest BCUT2D eigenvalue weighted by Gasteiger charge is 2.15. The average Bonchev–Trinajstić information content (AvgIpc) is 3.25. The molecular formula is C17H13N3O5S. The lowest BCUT2D eigenvalue weighted by Gasteiger charge is -2.06. The molecule has 1 aromatic heterocycles. The van der Waals surface area contributed by atoms with E-state index in [0.29, 0.717) is 28.0 Å². The van der Waals surface area contributed by atoms with Gasteiger partial charge in [0, 0.05) is 11.8 Å². The number of nitrogens with zero attached hydrogens (tertiary/aromatic N) is 1. The van der Waals surface area contributed by atoms with Gasteiger partial charge in [0.05, 0.1) is 5.75 Å². The van der Waals surface area contributed by atoms with Crippen LogP contribution in [-0.2, 0) is 4.79 Å². The van der Waals surface area contributed by atoms with Crippen LogP contribution in [0.4, 0.5) is 10.5 Å². The maximum Gasteiger partial charge on any atom is 0.325 e. The van der Waals surface area contributed by atoms with Crippen molar-refractivity contribution in [3.8, 4) is 11.5 Å². The number of benzene rings is 2. The van der Waals surface area contributed by atoms with Crippen LogP contribution in [0.3, 0.4) is 0 Å². The van der Waals surface area contributed by atoms with Crippen LogP contribution in [0.2, 0.25) is 0 Å². The average molecular weight is 371 g/mol. The van der Waals surface area contributed by atoms with E-state index >= 15 is 0 Å². The molecule has 0 bridgehead atoms. The number of amides is 3. The van der Waals surface area contributed by atoms with Gasteiger partial charge in [0.2, 0.25) is 12.7 Å². The zero-order valence-electron chi connectivity index (χ0n) is 13.4. The fourth-order valence-electron chi connectivity index (χ4n) is 2.34. The second kappa shape index (κ2) is 6.96. The van der Waals surface area contributed by atoms with Crippen molar-refractivity contribution in [1.82, 2.24) is 10.3 Å². The molecule has 9 heteroatoms. The van der Waals surface area contributed by atoms with Crippen LogP contribution < -0.4 is 20.1 Å². The van der Waals surface area contributed by atoms with Crippen LogP contribution >= 0.6 is 11.8 Å². The summed E-state index contributed by atoms with van der Waals surface area (Å²) in [6.07, 6.45) is 0. The van der Waals surface area contributed by atoms with Crippen molar-refractivity contribution in [2.45, 2.75) is 5.22 Å². The van der Waals surface area contributed by atoms with Gasteiger partial charge in [0.25, 0.3) is 5.22 Å². The third-order valence-corrected chi connectivity index (χ3v) is 4.31. The molecule has 3 aromatic rings. The number of nitrogens with one attached hydrogen (secondary N) is 2. The molecule has 132 valence electrons. The van der Waals surface area contributed by atoms with E-state index in [0.717, 1.165) is 17.3 Å². The van der Waals surface area contributed by atoms with Crippen molar-refractivity contribution in [3.05, 3.63) is 42.5 Å². The zero-order valence-corrected chi connectivity index (χ0v) is 14.2. The Balaban J connectivity index is 1.29. The van der Waals surface area contributed by atoms with Gasteiger partial charge in [-0.3, -0.25) is 10.1 Å². The molecule has 1 aliphatic heterocycles. The van der Waals surface area contributed by atoms with E-state index in [9.17, 15) is 9.59 Å². The number of anilines is 1. The normalized spacial score (nSPS) is 12.2. The first-order valence-electron chi connectivity index (χ1n) is 7.66. The van der Waals surface area contributed by atoms with Gasteiger partial charge in [-0.15, -0.1) is 0 Å². The second-order valence-corrected chi connectivity index (χ2v) is 6.23. The number of para-hydroxylation sites is 2. The van der Waals surface area contributed by atoms with Gasteiger partial charge >= 0.3 is 6.03 Å². The molecule has 3 amide bonds. The highest BCUT2D eigenvalue weighted by atomic mass is 32.2. The minimum Gasteiger partial charge on any atom is -0.454 e. The van der Waals surface area contributed by atoms with Crippen molar-refractivity contribution in [3.63, 3.8) is 0 Å². The van der Waals surface area contributed by atoms with E-state index in [2.05, 4.69) is 15.6 Å². The third kappa shape index (κ3) is 3.57. The lowest BCUT2D eigenvalue weighted by Crippen LogP contribution is -2.35.